The summed E-state index contributed by atoms with van der Waals surface area (Å²) in [5.74, 6) is -1.08. The molecule has 11 nitrogen and oxygen atoms in total. The Morgan fingerprint density at radius 1 is 1.25 bits per heavy atom. The zero-order valence-electron chi connectivity index (χ0n) is 15.5. The van der Waals surface area contributed by atoms with Crippen LogP contribution in [0.5, 0.6) is 11.5 Å². The van der Waals surface area contributed by atoms with Crippen LogP contribution in [0.1, 0.15) is 16.8 Å². The van der Waals surface area contributed by atoms with Gasteiger partial charge in [0.25, 0.3) is 0 Å². The number of fused-ring (bicyclic) bond motifs is 1. The highest BCUT2D eigenvalue weighted by Gasteiger charge is 2.30. The molecule has 2 N–H and O–H groups in total. The summed E-state index contributed by atoms with van der Waals surface area (Å²) < 4.78 is 16.7. The molecule has 0 fully saturated rings. The van der Waals surface area contributed by atoms with Gasteiger partial charge in [0.05, 0.1) is 45.0 Å². The SMILES string of the molecule is COC(=O)c1cc(OC)c(OC)cc1NC(=O)C[C@H]1Cn2ncnc2NC1=O. The van der Waals surface area contributed by atoms with E-state index in [9.17, 15) is 14.4 Å². The van der Waals surface area contributed by atoms with Crippen molar-refractivity contribution in [2.24, 2.45) is 5.92 Å². The Morgan fingerprint density at radius 2 is 1.96 bits per heavy atom. The monoisotopic (exact) mass is 389 g/mol. The van der Waals surface area contributed by atoms with Gasteiger partial charge >= 0.3 is 5.97 Å². The zero-order chi connectivity index (χ0) is 20.3. The fourth-order valence-electron chi connectivity index (χ4n) is 2.84. The van der Waals surface area contributed by atoms with Crippen LogP contribution in [0.4, 0.5) is 11.6 Å². The van der Waals surface area contributed by atoms with Gasteiger partial charge in [0, 0.05) is 18.6 Å². The standard InChI is InChI=1S/C17H19N5O6/c1-26-12-5-10(16(25)28-3)11(6-13(12)27-2)20-14(23)4-9-7-22-17(18-8-19-22)21-15(9)24/h5-6,8-9H,4,7H2,1-3H3,(H,20,23)(H,18,19,21,24)/t9-/m0/s1. The summed E-state index contributed by atoms with van der Waals surface area (Å²) in [5, 5.41) is 9.22. The van der Waals surface area contributed by atoms with Crippen LogP contribution in [-0.2, 0) is 20.9 Å². The van der Waals surface area contributed by atoms with E-state index in [0.717, 1.165) is 0 Å². The third-order valence-corrected chi connectivity index (χ3v) is 4.25. The van der Waals surface area contributed by atoms with Crippen LogP contribution in [0, 0.1) is 5.92 Å². The van der Waals surface area contributed by atoms with Gasteiger partial charge in [-0.15, -0.1) is 0 Å². The van der Waals surface area contributed by atoms with Gasteiger partial charge in [-0.25, -0.2) is 9.48 Å². The topological polar surface area (TPSA) is 134 Å². The molecule has 0 spiro atoms. The first-order chi connectivity index (χ1) is 13.5. The lowest BCUT2D eigenvalue weighted by atomic mass is 10.0. The largest absolute Gasteiger partial charge is 0.493 e. The second kappa shape index (κ2) is 7.94. The normalized spacial score (nSPS) is 15.2. The van der Waals surface area contributed by atoms with E-state index < -0.39 is 17.8 Å². The van der Waals surface area contributed by atoms with E-state index in [2.05, 4.69) is 20.7 Å². The molecule has 11 heteroatoms. The van der Waals surface area contributed by atoms with Crippen molar-refractivity contribution in [3.05, 3.63) is 24.0 Å². The van der Waals surface area contributed by atoms with Crippen molar-refractivity contribution in [1.82, 2.24) is 14.8 Å². The minimum Gasteiger partial charge on any atom is -0.493 e. The van der Waals surface area contributed by atoms with Gasteiger partial charge in [-0.3, -0.25) is 14.9 Å². The molecule has 0 radical (unpaired) electrons. The molecule has 1 aliphatic heterocycles. The minimum atomic E-state index is -0.654. The molecule has 1 aliphatic rings. The van der Waals surface area contributed by atoms with Crippen molar-refractivity contribution in [2.75, 3.05) is 32.0 Å². The Balaban J connectivity index is 1.79. The number of rotatable bonds is 6. The maximum atomic E-state index is 12.5. The first-order valence-corrected chi connectivity index (χ1v) is 8.29. The van der Waals surface area contributed by atoms with Crippen LogP contribution >= 0.6 is 0 Å². The molecule has 3 rings (SSSR count). The van der Waals surface area contributed by atoms with Gasteiger partial charge in [-0.2, -0.15) is 10.1 Å². The van der Waals surface area contributed by atoms with E-state index >= 15 is 0 Å². The number of esters is 1. The summed E-state index contributed by atoms with van der Waals surface area (Å²) in [6, 6.07) is 2.87. The van der Waals surface area contributed by atoms with Gasteiger partial charge in [-0.05, 0) is 0 Å². The predicted octanol–water partition coefficient (Wildman–Crippen LogP) is 0.679. The Bertz CT molecular complexity index is 925. The molecule has 0 bridgehead atoms. The molecule has 2 amide bonds. The molecule has 0 unspecified atom stereocenters. The van der Waals surface area contributed by atoms with Crippen LogP contribution in [0.25, 0.3) is 0 Å². The molecule has 1 atom stereocenters. The number of aromatic nitrogens is 3. The molecule has 0 aliphatic carbocycles. The second-order valence-corrected chi connectivity index (χ2v) is 5.95. The number of hydrogen-bond acceptors (Lipinski definition) is 8. The van der Waals surface area contributed by atoms with Crippen molar-refractivity contribution in [3.63, 3.8) is 0 Å². The summed E-state index contributed by atoms with van der Waals surface area (Å²) in [4.78, 5) is 40.7. The number of amides is 2. The van der Waals surface area contributed by atoms with Crippen molar-refractivity contribution in [3.8, 4) is 11.5 Å². The average molecular weight is 389 g/mol. The van der Waals surface area contributed by atoms with E-state index in [1.165, 1.54) is 44.5 Å². The summed E-state index contributed by atoms with van der Waals surface area (Å²) in [5.41, 5.74) is 0.285. The maximum absolute atomic E-state index is 12.5. The lowest BCUT2D eigenvalue weighted by Crippen LogP contribution is -2.36. The Kier molecular flexibility index (Phi) is 5.43. The number of hydrogen-bond donors (Lipinski definition) is 2. The van der Waals surface area contributed by atoms with E-state index in [4.69, 9.17) is 14.2 Å². The van der Waals surface area contributed by atoms with Crippen LogP contribution < -0.4 is 20.1 Å². The van der Waals surface area contributed by atoms with Crippen molar-refractivity contribution in [2.45, 2.75) is 13.0 Å². The molecule has 2 heterocycles. The molecule has 28 heavy (non-hydrogen) atoms. The molecule has 148 valence electrons. The van der Waals surface area contributed by atoms with Crippen LogP contribution in [-0.4, -0.2) is 53.9 Å². The van der Waals surface area contributed by atoms with Gasteiger partial charge in [0.15, 0.2) is 11.5 Å². The fraction of sp³-hybridized carbons (Fsp3) is 0.353. The smallest absolute Gasteiger partial charge is 0.340 e. The average Bonchev–Trinajstić information content (AvgIpc) is 3.14. The summed E-state index contributed by atoms with van der Waals surface area (Å²) >= 11 is 0. The quantitative estimate of drug-likeness (QED) is 0.689. The highest BCUT2D eigenvalue weighted by Crippen LogP contribution is 2.34. The number of carbonyl (C=O) groups is 3. The molecule has 1 aromatic heterocycles. The summed E-state index contributed by atoms with van der Waals surface area (Å²) in [7, 11) is 4.09. The second-order valence-electron chi connectivity index (χ2n) is 5.95. The van der Waals surface area contributed by atoms with E-state index in [0.29, 0.717) is 17.4 Å². The molecular formula is C17H19N5O6. The highest BCUT2D eigenvalue weighted by atomic mass is 16.5. The lowest BCUT2D eigenvalue weighted by Gasteiger charge is -2.22. The summed E-state index contributed by atoms with van der Waals surface area (Å²) in [6.07, 6.45) is 1.21. The highest BCUT2D eigenvalue weighted by molar-refractivity contribution is 6.03. The third-order valence-electron chi connectivity index (χ3n) is 4.25. The first kappa shape index (κ1) is 19.1. The number of benzene rings is 1. The van der Waals surface area contributed by atoms with Crippen LogP contribution in [0.15, 0.2) is 18.5 Å². The number of nitrogens with one attached hydrogen (secondary N) is 2. The zero-order valence-corrected chi connectivity index (χ0v) is 15.5. The number of anilines is 2. The minimum absolute atomic E-state index is 0.0974. The number of methoxy groups -OCH3 is 3. The molecule has 2 aromatic rings. The number of ether oxygens (including phenoxy) is 3. The third kappa shape index (κ3) is 3.72. The van der Waals surface area contributed by atoms with Gasteiger partial charge in [0.2, 0.25) is 17.8 Å². The van der Waals surface area contributed by atoms with Crippen molar-refractivity contribution >= 4 is 29.4 Å². The number of nitrogens with zero attached hydrogens (tertiary/aromatic N) is 3. The summed E-state index contributed by atoms with van der Waals surface area (Å²) in [6.45, 7) is 0.227. The van der Waals surface area contributed by atoms with Gasteiger partial charge in [-0.1, -0.05) is 0 Å². The molecular weight excluding hydrogens is 370 g/mol. The van der Waals surface area contributed by atoms with Gasteiger partial charge in [0.1, 0.15) is 6.33 Å². The lowest BCUT2D eigenvalue weighted by molar-refractivity contribution is -0.126. The Hall–Kier alpha value is -3.63. The van der Waals surface area contributed by atoms with E-state index in [1.54, 1.807) is 0 Å². The predicted molar refractivity (Wildman–Crippen MR) is 96.3 cm³/mol. The Labute approximate surface area is 160 Å². The van der Waals surface area contributed by atoms with Gasteiger partial charge < -0.3 is 19.5 Å². The molecule has 0 saturated heterocycles. The fourth-order valence-corrected chi connectivity index (χ4v) is 2.84. The first-order valence-electron chi connectivity index (χ1n) is 8.29. The van der Waals surface area contributed by atoms with Crippen molar-refractivity contribution in [1.29, 1.82) is 0 Å². The van der Waals surface area contributed by atoms with E-state index in [1.807, 2.05) is 0 Å². The van der Waals surface area contributed by atoms with E-state index in [-0.39, 0.29) is 30.1 Å². The number of carbonyl (C=O) groups excluding carboxylic acids is 3. The van der Waals surface area contributed by atoms with Crippen molar-refractivity contribution < 1.29 is 28.6 Å². The van der Waals surface area contributed by atoms with Crippen LogP contribution in [0.3, 0.4) is 0 Å². The Morgan fingerprint density at radius 3 is 2.64 bits per heavy atom. The maximum Gasteiger partial charge on any atom is 0.340 e. The molecule has 0 saturated carbocycles. The van der Waals surface area contributed by atoms with Crippen LogP contribution in [0.2, 0.25) is 0 Å². The molecule has 1 aromatic carbocycles.